The summed E-state index contributed by atoms with van der Waals surface area (Å²) in [6.07, 6.45) is 5.47. The van der Waals surface area contributed by atoms with Crippen molar-refractivity contribution < 1.29 is 18.8 Å². The van der Waals surface area contributed by atoms with Crippen molar-refractivity contribution in [3.8, 4) is 0 Å². The lowest BCUT2D eigenvalue weighted by Crippen LogP contribution is -2.53. The molecule has 0 amide bonds. The van der Waals surface area contributed by atoms with Crippen LogP contribution in [-0.2, 0) is 18.8 Å². The highest BCUT2D eigenvalue weighted by atomic mass is 16.7. The SMILES string of the molecule is CNC(CCC(C)CC(=O)OC(C)(C)C)B1OC2(C)CCC(C)(C)CC2(C)O1. The molecule has 28 heavy (non-hydrogen) atoms. The third kappa shape index (κ3) is 5.73. The Morgan fingerprint density at radius 3 is 2.29 bits per heavy atom. The van der Waals surface area contributed by atoms with Crippen LogP contribution in [0.25, 0.3) is 0 Å². The molecular formula is C22H42BNO4. The minimum atomic E-state index is -0.426. The molecule has 0 spiro atoms. The predicted octanol–water partition coefficient (Wildman–Crippen LogP) is 4.52. The minimum Gasteiger partial charge on any atom is -0.460 e. The monoisotopic (exact) mass is 395 g/mol. The van der Waals surface area contributed by atoms with Crippen LogP contribution in [0.15, 0.2) is 0 Å². The predicted molar refractivity (Wildman–Crippen MR) is 114 cm³/mol. The van der Waals surface area contributed by atoms with Gasteiger partial charge in [0.2, 0.25) is 0 Å². The number of fused-ring (bicyclic) bond motifs is 1. The fourth-order valence-electron chi connectivity index (χ4n) is 4.73. The first kappa shape index (κ1) is 23.7. The number of carbonyl (C=O) groups excluding carboxylic acids is 1. The Kier molecular flexibility index (Phi) is 7.00. The lowest BCUT2D eigenvalue weighted by atomic mass is 9.63. The zero-order valence-corrected chi connectivity index (χ0v) is 19.6. The molecule has 0 aromatic rings. The number of hydrogen-bond acceptors (Lipinski definition) is 5. The topological polar surface area (TPSA) is 56.8 Å². The molecule has 4 unspecified atom stereocenters. The standard InChI is InChI=1S/C22H42BNO4/c1-16(14-18(25)26-19(2,3)4)10-11-17(24-9)23-27-21(7)13-12-20(5,6)15-22(21,8)28-23/h16-17,24H,10-15H2,1-9H3. The second-order valence-corrected chi connectivity index (χ2v) is 11.3. The summed E-state index contributed by atoms with van der Waals surface area (Å²) in [6, 6.07) is 0. The van der Waals surface area contributed by atoms with E-state index in [0.717, 1.165) is 32.1 Å². The molecule has 2 fully saturated rings. The Bertz CT molecular complexity index is 561. The van der Waals surface area contributed by atoms with E-state index in [1.165, 1.54) is 0 Å². The first-order valence-corrected chi connectivity index (χ1v) is 10.9. The van der Waals surface area contributed by atoms with Crippen LogP contribution in [0.1, 0.15) is 93.9 Å². The maximum absolute atomic E-state index is 12.1. The lowest BCUT2D eigenvalue weighted by Gasteiger charge is -2.49. The summed E-state index contributed by atoms with van der Waals surface area (Å²) < 4.78 is 18.5. The van der Waals surface area contributed by atoms with Gasteiger partial charge in [0.25, 0.3) is 0 Å². The van der Waals surface area contributed by atoms with Crippen molar-refractivity contribution in [1.29, 1.82) is 0 Å². The van der Waals surface area contributed by atoms with Gasteiger partial charge >= 0.3 is 13.1 Å². The van der Waals surface area contributed by atoms with Crippen molar-refractivity contribution in [3.05, 3.63) is 0 Å². The minimum absolute atomic E-state index is 0.114. The van der Waals surface area contributed by atoms with Gasteiger partial charge in [-0.25, -0.2) is 0 Å². The molecule has 5 nitrogen and oxygen atoms in total. The Hall–Kier alpha value is -0.585. The maximum atomic E-state index is 12.1. The van der Waals surface area contributed by atoms with E-state index in [0.29, 0.717) is 6.42 Å². The van der Waals surface area contributed by atoms with E-state index in [1.54, 1.807) is 0 Å². The number of carbonyl (C=O) groups is 1. The molecule has 6 heteroatoms. The molecule has 1 N–H and O–H groups in total. The fraction of sp³-hybridized carbons (Fsp3) is 0.955. The molecule has 1 aliphatic heterocycles. The van der Waals surface area contributed by atoms with E-state index in [-0.39, 0.29) is 41.6 Å². The Morgan fingerprint density at radius 1 is 1.11 bits per heavy atom. The van der Waals surface area contributed by atoms with Crippen molar-refractivity contribution in [3.63, 3.8) is 0 Å². The van der Waals surface area contributed by atoms with E-state index < -0.39 is 5.60 Å². The van der Waals surface area contributed by atoms with Crippen LogP contribution in [0.3, 0.4) is 0 Å². The molecule has 2 rings (SSSR count). The highest BCUT2D eigenvalue weighted by Crippen LogP contribution is 2.53. The van der Waals surface area contributed by atoms with Gasteiger partial charge in [-0.1, -0.05) is 20.8 Å². The van der Waals surface area contributed by atoms with Crippen LogP contribution in [0.4, 0.5) is 0 Å². The molecule has 0 aromatic heterocycles. The van der Waals surface area contributed by atoms with Gasteiger partial charge in [-0.15, -0.1) is 0 Å². The molecule has 1 saturated heterocycles. The van der Waals surface area contributed by atoms with Gasteiger partial charge < -0.3 is 19.4 Å². The summed E-state index contributed by atoms with van der Waals surface area (Å²) in [5, 5.41) is 3.39. The first-order chi connectivity index (χ1) is 12.7. The number of nitrogens with one attached hydrogen (secondary N) is 1. The number of hydrogen-bond donors (Lipinski definition) is 1. The maximum Gasteiger partial charge on any atom is 0.476 e. The van der Waals surface area contributed by atoms with Gasteiger partial charge in [-0.05, 0) is 85.1 Å². The van der Waals surface area contributed by atoms with Gasteiger partial charge in [0.15, 0.2) is 0 Å². The highest BCUT2D eigenvalue weighted by Gasteiger charge is 2.61. The molecule has 1 aliphatic carbocycles. The van der Waals surface area contributed by atoms with Crippen LogP contribution in [0.5, 0.6) is 0 Å². The van der Waals surface area contributed by atoms with Crippen molar-refractivity contribution in [2.45, 2.75) is 117 Å². The van der Waals surface area contributed by atoms with Crippen LogP contribution < -0.4 is 5.32 Å². The number of rotatable bonds is 7. The van der Waals surface area contributed by atoms with Gasteiger partial charge in [0.1, 0.15) is 5.60 Å². The van der Waals surface area contributed by atoms with Gasteiger partial charge in [0, 0.05) is 12.4 Å². The van der Waals surface area contributed by atoms with E-state index in [2.05, 4.69) is 39.9 Å². The Labute approximate surface area is 172 Å². The molecule has 0 radical (unpaired) electrons. The lowest BCUT2D eigenvalue weighted by molar-refractivity contribution is -0.155. The normalized spacial score (nSPS) is 32.0. The average molecular weight is 395 g/mol. The molecule has 0 bridgehead atoms. The molecule has 4 atom stereocenters. The number of ether oxygens (including phenoxy) is 1. The zero-order chi connectivity index (χ0) is 21.4. The van der Waals surface area contributed by atoms with Crippen LogP contribution in [0.2, 0.25) is 0 Å². The molecule has 162 valence electrons. The van der Waals surface area contributed by atoms with E-state index >= 15 is 0 Å². The highest BCUT2D eigenvalue weighted by molar-refractivity contribution is 6.47. The summed E-state index contributed by atoms with van der Waals surface area (Å²) in [4.78, 5) is 12.1. The second kappa shape index (κ2) is 8.27. The van der Waals surface area contributed by atoms with Gasteiger partial charge in [-0.2, -0.15) is 0 Å². The van der Waals surface area contributed by atoms with E-state index in [9.17, 15) is 4.79 Å². The van der Waals surface area contributed by atoms with Crippen LogP contribution >= 0.6 is 0 Å². The van der Waals surface area contributed by atoms with Crippen molar-refractivity contribution in [2.75, 3.05) is 7.05 Å². The zero-order valence-electron chi connectivity index (χ0n) is 19.6. The van der Waals surface area contributed by atoms with E-state index in [4.69, 9.17) is 14.0 Å². The van der Waals surface area contributed by atoms with Crippen LogP contribution in [0, 0.1) is 11.3 Å². The average Bonchev–Trinajstić information content (AvgIpc) is 2.75. The van der Waals surface area contributed by atoms with Crippen molar-refractivity contribution in [1.82, 2.24) is 5.32 Å². The van der Waals surface area contributed by atoms with E-state index in [1.807, 2.05) is 27.8 Å². The third-order valence-electron chi connectivity index (χ3n) is 6.57. The van der Waals surface area contributed by atoms with Crippen molar-refractivity contribution >= 4 is 13.1 Å². The quantitative estimate of drug-likeness (QED) is 0.507. The molecular weight excluding hydrogens is 353 g/mol. The third-order valence-corrected chi connectivity index (χ3v) is 6.57. The summed E-state index contributed by atoms with van der Waals surface area (Å²) in [5.74, 6) is 0.255. The van der Waals surface area contributed by atoms with Gasteiger partial charge in [0.05, 0.1) is 11.2 Å². The second-order valence-electron chi connectivity index (χ2n) is 11.3. The van der Waals surface area contributed by atoms with Crippen LogP contribution in [-0.4, -0.2) is 42.9 Å². The summed E-state index contributed by atoms with van der Waals surface area (Å²) >= 11 is 0. The smallest absolute Gasteiger partial charge is 0.460 e. The summed E-state index contributed by atoms with van der Waals surface area (Å²) in [7, 11) is 1.72. The Balaban J connectivity index is 1.91. The Morgan fingerprint density at radius 2 is 1.71 bits per heavy atom. The molecule has 1 heterocycles. The fourth-order valence-corrected chi connectivity index (χ4v) is 4.73. The number of esters is 1. The van der Waals surface area contributed by atoms with Crippen molar-refractivity contribution in [2.24, 2.45) is 11.3 Å². The molecule has 2 aliphatic rings. The summed E-state index contributed by atoms with van der Waals surface area (Å²) in [6.45, 7) is 16.9. The first-order valence-electron chi connectivity index (χ1n) is 10.9. The molecule has 0 aromatic carbocycles. The van der Waals surface area contributed by atoms with Gasteiger partial charge in [-0.3, -0.25) is 4.79 Å². The summed E-state index contributed by atoms with van der Waals surface area (Å²) in [5.41, 5.74) is -0.630. The molecule has 1 saturated carbocycles. The largest absolute Gasteiger partial charge is 0.476 e.